The molecule has 2 aromatic heterocycles. The van der Waals surface area contributed by atoms with E-state index in [0.717, 1.165) is 47.8 Å². The molecule has 1 aliphatic rings. The number of aromatic amines is 1. The number of nitrogens with zero attached hydrogens (tertiary/aromatic N) is 2. The average molecular weight is 342 g/mol. The van der Waals surface area contributed by atoms with E-state index in [-0.39, 0.29) is 15.9 Å². The zero-order chi connectivity index (χ0) is 15.9. The van der Waals surface area contributed by atoms with Crippen LogP contribution in [-0.2, 0) is 22.7 Å². The van der Waals surface area contributed by atoms with E-state index < -0.39 is 14.8 Å². The van der Waals surface area contributed by atoms with Crippen LogP contribution in [-0.4, -0.2) is 35.8 Å². The molecule has 0 aliphatic heterocycles. The van der Waals surface area contributed by atoms with Crippen LogP contribution in [0.15, 0.2) is 16.5 Å². The Hall–Kier alpha value is -1.94. The summed E-state index contributed by atoms with van der Waals surface area (Å²) in [5.74, 6) is 0. The molecule has 1 atom stereocenters. The molecule has 3 rings (SSSR count). The molecule has 1 unspecified atom stereocenters. The van der Waals surface area contributed by atoms with E-state index >= 15 is 0 Å². The number of nitro groups is 1. The van der Waals surface area contributed by atoms with Gasteiger partial charge in [0.2, 0.25) is 0 Å². The Kier molecular flexibility index (Phi) is 3.65. The Morgan fingerprint density at radius 3 is 3.00 bits per heavy atom. The van der Waals surface area contributed by atoms with Crippen LogP contribution in [0.3, 0.4) is 0 Å². The molecule has 0 radical (unpaired) electrons. The minimum atomic E-state index is -3.46. The van der Waals surface area contributed by atoms with Crippen molar-refractivity contribution in [1.82, 2.24) is 10.2 Å². The first-order valence-corrected chi connectivity index (χ1v) is 9.31. The maximum atomic E-state index is 11.6. The van der Waals surface area contributed by atoms with Gasteiger partial charge in [-0.25, -0.2) is 8.42 Å². The molecule has 0 bridgehead atoms. The summed E-state index contributed by atoms with van der Waals surface area (Å²) in [5, 5.41) is 21.5. The molecule has 0 saturated carbocycles. The lowest BCUT2D eigenvalue weighted by molar-refractivity contribution is -0.383. The van der Waals surface area contributed by atoms with Crippen LogP contribution >= 0.6 is 11.3 Å². The van der Waals surface area contributed by atoms with Crippen molar-refractivity contribution in [3.8, 4) is 0 Å². The van der Waals surface area contributed by atoms with Crippen LogP contribution in [0.4, 0.5) is 10.7 Å². The number of fused-ring (bicyclic) bond motifs is 1. The third-order valence-corrected chi connectivity index (χ3v) is 6.46. The van der Waals surface area contributed by atoms with Crippen LogP contribution < -0.4 is 5.32 Å². The smallest absolute Gasteiger partial charge is 0.304 e. The predicted octanol–water partition coefficient (Wildman–Crippen LogP) is 1.75. The number of aromatic nitrogens is 2. The van der Waals surface area contributed by atoms with Gasteiger partial charge < -0.3 is 5.32 Å². The fraction of sp³-hybridized carbons (Fsp3) is 0.417. The molecule has 118 valence electrons. The van der Waals surface area contributed by atoms with Crippen LogP contribution in [0, 0.1) is 10.1 Å². The van der Waals surface area contributed by atoms with E-state index in [1.807, 2.05) is 0 Å². The number of H-pyrrole nitrogens is 1. The van der Waals surface area contributed by atoms with Crippen molar-refractivity contribution < 1.29 is 13.3 Å². The van der Waals surface area contributed by atoms with Crippen LogP contribution in [0.2, 0.25) is 0 Å². The largest absolute Gasteiger partial charge is 0.368 e. The van der Waals surface area contributed by atoms with Gasteiger partial charge >= 0.3 is 5.69 Å². The molecule has 2 aromatic rings. The van der Waals surface area contributed by atoms with Gasteiger partial charge in [-0.1, -0.05) is 11.3 Å². The van der Waals surface area contributed by atoms with Crippen molar-refractivity contribution in [2.75, 3.05) is 11.6 Å². The second-order valence-electron chi connectivity index (χ2n) is 5.27. The number of anilines is 1. The lowest BCUT2D eigenvalue weighted by Crippen LogP contribution is -2.26. The van der Waals surface area contributed by atoms with Crippen molar-refractivity contribution in [2.24, 2.45) is 0 Å². The second kappa shape index (κ2) is 5.36. The Labute approximate surface area is 130 Å². The highest BCUT2D eigenvalue weighted by atomic mass is 32.2. The normalized spacial score (nSPS) is 18.0. The van der Waals surface area contributed by atoms with E-state index in [9.17, 15) is 18.5 Å². The van der Waals surface area contributed by atoms with Crippen molar-refractivity contribution in [2.45, 2.75) is 29.5 Å². The maximum absolute atomic E-state index is 11.6. The monoisotopic (exact) mass is 342 g/mol. The SMILES string of the molecule is CS(=O)(=O)c1cc([N+](=O)[O-])c(NC2CCc3[nH]ncc3C2)s1. The topological polar surface area (TPSA) is 118 Å². The molecular weight excluding hydrogens is 328 g/mol. The van der Waals surface area contributed by atoms with Gasteiger partial charge in [-0.05, 0) is 24.8 Å². The van der Waals surface area contributed by atoms with Gasteiger partial charge in [0.15, 0.2) is 14.8 Å². The lowest BCUT2D eigenvalue weighted by atomic mass is 9.94. The third-order valence-electron chi connectivity index (χ3n) is 3.60. The summed E-state index contributed by atoms with van der Waals surface area (Å²) < 4.78 is 23.2. The molecule has 1 aliphatic carbocycles. The summed E-state index contributed by atoms with van der Waals surface area (Å²) in [4.78, 5) is 10.6. The molecule has 22 heavy (non-hydrogen) atoms. The number of aryl methyl sites for hydroxylation is 1. The van der Waals surface area contributed by atoms with Gasteiger partial charge in [0.1, 0.15) is 4.21 Å². The summed E-state index contributed by atoms with van der Waals surface area (Å²) in [7, 11) is -3.46. The quantitative estimate of drug-likeness (QED) is 0.645. The fourth-order valence-electron chi connectivity index (χ4n) is 2.51. The Bertz CT molecular complexity index is 824. The zero-order valence-electron chi connectivity index (χ0n) is 11.7. The van der Waals surface area contributed by atoms with Gasteiger partial charge in [-0.3, -0.25) is 15.2 Å². The molecule has 10 heteroatoms. The zero-order valence-corrected chi connectivity index (χ0v) is 13.3. The summed E-state index contributed by atoms with van der Waals surface area (Å²) in [6.07, 6.45) is 5.12. The van der Waals surface area contributed by atoms with Gasteiger partial charge in [0.05, 0.1) is 11.1 Å². The number of hydrogen-bond acceptors (Lipinski definition) is 7. The number of thiophene rings is 1. The van der Waals surface area contributed by atoms with Gasteiger partial charge in [0.25, 0.3) is 0 Å². The average Bonchev–Trinajstić information content (AvgIpc) is 3.03. The van der Waals surface area contributed by atoms with Crippen molar-refractivity contribution in [1.29, 1.82) is 0 Å². The molecule has 0 fully saturated rings. The molecular formula is C12H14N4O4S2. The highest BCUT2D eigenvalue weighted by Gasteiger charge is 2.27. The first-order valence-electron chi connectivity index (χ1n) is 6.60. The molecule has 0 spiro atoms. The maximum Gasteiger partial charge on any atom is 0.304 e. The number of nitrogens with one attached hydrogen (secondary N) is 2. The number of hydrogen-bond donors (Lipinski definition) is 2. The van der Waals surface area contributed by atoms with E-state index in [2.05, 4.69) is 15.5 Å². The Morgan fingerprint density at radius 1 is 1.55 bits per heavy atom. The van der Waals surface area contributed by atoms with Gasteiger partial charge in [0, 0.05) is 24.1 Å². The molecule has 2 heterocycles. The minimum absolute atomic E-state index is 0.00140. The Morgan fingerprint density at radius 2 is 2.32 bits per heavy atom. The van der Waals surface area contributed by atoms with E-state index in [1.54, 1.807) is 6.20 Å². The lowest BCUT2D eigenvalue weighted by Gasteiger charge is -2.22. The fourth-order valence-corrected chi connectivity index (χ4v) is 4.52. The first-order chi connectivity index (χ1) is 10.3. The van der Waals surface area contributed by atoms with Gasteiger partial charge in [-0.15, -0.1) is 0 Å². The van der Waals surface area contributed by atoms with Gasteiger partial charge in [-0.2, -0.15) is 5.10 Å². The standard InChI is InChI=1S/C12H14N4O4S2/c1-22(19,20)11-5-10(16(17)18)12(21-11)14-8-2-3-9-7(4-8)6-13-15-9/h5-6,8,14H,2-4H2,1H3,(H,13,15). The predicted molar refractivity (Wildman–Crippen MR) is 82.1 cm³/mol. The van der Waals surface area contributed by atoms with Crippen molar-refractivity contribution in [3.63, 3.8) is 0 Å². The Balaban J connectivity index is 1.86. The molecule has 8 nitrogen and oxygen atoms in total. The van der Waals surface area contributed by atoms with Crippen molar-refractivity contribution in [3.05, 3.63) is 33.6 Å². The summed E-state index contributed by atoms with van der Waals surface area (Å²) in [5.41, 5.74) is 1.99. The molecule has 2 N–H and O–H groups in total. The van der Waals surface area contributed by atoms with E-state index in [4.69, 9.17) is 0 Å². The van der Waals surface area contributed by atoms with Crippen LogP contribution in [0.1, 0.15) is 17.7 Å². The third kappa shape index (κ3) is 2.83. The highest BCUT2D eigenvalue weighted by molar-refractivity contribution is 7.92. The number of sulfone groups is 1. The molecule has 0 amide bonds. The summed E-state index contributed by atoms with van der Waals surface area (Å²) in [6, 6.07) is 1.14. The van der Waals surface area contributed by atoms with E-state index in [1.165, 1.54) is 0 Å². The summed E-state index contributed by atoms with van der Waals surface area (Å²) >= 11 is 0.908. The van der Waals surface area contributed by atoms with Crippen molar-refractivity contribution >= 4 is 31.9 Å². The van der Waals surface area contributed by atoms with Crippen LogP contribution in [0.25, 0.3) is 0 Å². The number of rotatable bonds is 4. The highest BCUT2D eigenvalue weighted by Crippen LogP contribution is 2.38. The molecule has 0 aromatic carbocycles. The van der Waals surface area contributed by atoms with Crippen LogP contribution in [0.5, 0.6) is 0 Å². The summed E-state index contributed by atoms with van der Waals surface area (Å²) in [6.45, 7) is 0. The molecule has 0 saturated heterocycles. The first kappa shape index (κ1) is 15.0. The van der Waals surface area contributed by atoms with E-state index in [0.29, 0.717) is 11.4 Å². The minimum Gasteiger partial charge on any atom is -0.368 e. The second-order valence-corrected chi connectivity index (χ2v) is 8.56.